The Hall–Kier alpha value is -2.10. The molecule has 0 aliphatic heterocycles. The Bertz CT molecular complexity index is 482. The fourth-order valence-electron chi connectivity index (χ4n) is 1.40. The molecule has 1 N–H and O–H groups in total. The van der Waals surface area contributed by atoms with E-state index in [4.69, 9.17) is 4.74 Å². The lowest BCUT2D eigenvalue weighted by molar-refractivity contribution is 0.462. The molecule has 0 radical (unpaired) electrons. The first-order valence-corrected chi connectivity index (χ1v) is 5.58. The lowest BCUT2D eigenvalue weighted by Gasteiger charge is -2.06. The molecule has 0 saturated carbocycles. The van der Waals surface area contributed by atoms with Crippen molar-refractivity contribution in [3.63, 3.8) is 0 Å². The molecule has 0 saturated heterocycles. The van der Waals surface area contributed by atoms with Crippen LogP contribution < -0.4 is 10.1 Å². The zero-order valence-electron chi connectivity index (χ0n) is 9.97. The van der Waals surface area contributed by atoms with Crippen molar-refractivity contribution in [1.29, 1.82) is 0 Å². The molecule has 0 unspecified atom stereocenters. The molecule has 0 spiro atoms. The van der Waals surface area contributed by atoms with Crippen LogP contribution in [0.25, 0.3) is 0 Å². The zero-order chi connectivity index (χ0) is 12.1. The molecule has 0 aliphatic rings. The fraction of sp³-hybridized carbons (Fsp3) is 0.231. The van der Waals surface area contributed by atoms with Crippen LogP contribution in [0.2, 0.25) is 0 Å². The average molecular weight is 229 g/mol. The maximum atomic E-state index is 5.63. The SMILES string of the molecule is CCNc1cc(Oc2ccc(C)cc2)ncn1. The van der Waals surface area contributed by atoms with Crippen LogP contribution in [0.3, 0.4) is 0 Å². The highest BCUT2D eigenvalue weighted by molar-refractivity contribution is 5.38. The van der Waals surface area contributed by atoms with E-state index in [2.05, 4.69) is 15.3 Å². The number of benzene rings is 1. The molecular formula is C13H15N3O. The monoisotopic (exact) mass is 229 g/mol. The zero-order valence-corrected chi connectivity index (χ0v) is 9.97. The van der Waals surface area contributed by atoms with Crippen molar-refractivity contribution in [2.75, 3.05) is 11.9 Å². The summed E-state index contributed by atoms with van der Waals surface area (Å²) in [6.45, 7) is 4.88. The van der Waals surface area contributed by atoms with Crippen LogP contribution in [0, 0.1) is 6.92 Å². The first-order valence-electron chi connectivity index (χ1n) is 5.58. The van der Waals surface area contributed by atoms with Gasteiger partial charge >= 0.3 is 0 Å². The van der Waals surface area contributed by atoms with Gasteiger partial charge in [0.1, 0.15) is 17.9 Å². The second-order valence-corrected chi connectivity index (χ2v) is 3.69. The highest BCUT2D eigenvalue weighted by Crippen LogP contribution is 2.20. The Kier molecular flexibility index (Phi) is 3.55. The van der Waals surface area contributed by atoms with Gasteiger partial charge in [0.15, 0.2) is 0 Å². The highest BCUT2D eigenvalue weighted by atomic mass is 16.5. The summed E-state index contributed by atoms with van der Waals surface area (Å²) in [7, 11) is 0. The number of aromatic nitrogens is 2. The molecule has 4 heteroatoms. The van der Waals surface area contributed by atoms with Gasteiger partial charge in [0, 0.05) is 12.6 Å². The van der Waals surface area contributed by atoms with E-state index in [9.17, 15) is 0 Å². The van der Waals surface area contributed by atoms with Crippen LogP contribution in [0.15, 0.2) is 36.7 Å². The molecule has 2 rings (SSSR count). The molecule has 1 heterocycles. The van der Waals surface area contributed by atoms with Crippen molar-refractivity contribution < 1.29 is 4.74 Å². The standard InChI is InChI=1S/C13H15N3O/c1-3-14-12-8-13(16-9-15-12)17-11-6-4-10(2)5-7-11/h4-9H,3H2,1-2H3,(H,14,15,16). The number of aryl methyl sites for hydroxylation is 1. The maximum absolute atomic E-state index is 5.63. The van der Waals surface area contributed by atoms with Gasteiger partial charge in [-0.2, -0.15) is 0 Å². The third kappa shape index (κ3) is 3.17. The van der Waals surface area contributed by atoms with E-state index in [1.54, 1.807) is 6.07 Å². The van der Waals surface area contributed by atoms with E-state index in [0.29, 0.717) is 5.88 Å². The fourth-order valence-corrected chi connectivity index (χ4v) is 1.40. The van der Waals surface area contributed by atoms with Gasteiger partial charge in [-0.15, -0.1) is 0 Å². The minimum atomic E-state index is 0.541. The maximum Gasteiger partial charge on any atom is 0.224 e. The Morgan fingerprint density at radius 3 is 2.65 bits per heavy atom. The van der Waals surface area contributed by atoms with Crippen LogP contribution in [0.5, 0.6) is 11.6 Å². The van der Waals surface area contributed by atoms with Gasteiger partial charge in [-0.05, 0) is 26.0 Å². The van der Waals surface area contributed by atoms with Gasteiger partial charge in [0.2, 0.25) is 5.88 Å². The number of nitrogens with one attached hydrogen (secondary N) is 1. The van der Waals surface area contributed by atoms with E-state index < -0.39 is 0 Å². The molecule has 0 fully saturated rings. The first-order chi connectivity index (χ1) is 8.28. The molecule has 17 heavy (non-hydrogen) atoms. The minimum absolute atomic E-state index is 0.541. The largest absolute Gasteiger partial charge is 0.439 e. The summed E-state index contributed by atoms with van der Waals surface area (Å²) in [5, 5.41) is 3.11. The van der Waals surface area contributed by atoms with Gasteiger partial charge < -0.3 is 10.1 Å². The molecule has 1 aromatic carbocycles. The van der Waals surface area contributed by atoms with Gasteiger partial charge in [0.05, 0.1) is 0 Å². The topological polar surface area (TPSA) is 47.0 Å². The van der Waals surface area contributed by atoms with E-state index in [1.165, 1.54) is 11.9 Å². The highest BCUT2D eigenvalue weighted by Gasteiger charge is 2.00. The molecule has 4 nitrogen and oxygen atoms in total. The number of ether oxygens (including phenoxy) is 1. The smallest absolute Gasteiger partial charge is 0.224 e. The van der Waals surface area contributed by atoms with Crippen LogP contribution in [-0.4, -0.2) is 16.5 Å². The van der Waals surface area contributed by atoms with Gasteiger partial charge in [-0.1, -0.05) is 17.7 Å². The summed E-state index contributed by atoms with van der Waals surface area (Å²) < 4.78 is 5.63. The summed E-state index contributed by atoms with van der Waals surface area (Å²) in [4.78, 5) is 8.15. The average Bonchev–Trinajstić information content (AvgIpc) is 2.33. The Morgan fingerprint density at radius 1 is 1.18 bits per heavy atom. The van der Waals surface area contributed by atoms with Crippen LogP contribution in [-0.2, 0) is 0 Å². The molecule has 2 aromatic rings. The summed E-state index contributed by atoms with van der Waals surface area (Å²) in [6, 6.07) is 9.63. The normalized spacial score (nSPS) is 10.0. The molecule has 1 aromatic heterocycles. The molecule has 88 valence electrons. The molecule has 0 atom stereocenters. The van der Waals surface area contributed by atoms with Gasteiger partial charge in [-0.3, -0.25) is 0 Å². The molecular weight excluding hydrogens is 214 g/mol. The molecule has 0 aliphatic carbocycles. The minimum Gasteiger partial charge on any atom is -0.439 e. The van der Waals surface area contributed by atoms with E-state index >= 15 is 0 Å². The van der Waals surface area contributed by atoms with E-state index in [0.717, 1.165) is 18.1 Å². The van der Waals surface area contributed by atoms with E-state index in [-0.39, 0.29) is 0 Å². The predicted molar refractivity (Wildman–Crippen MR) is 67.4 cm³/mol. The number of rotatable bonds is 4. The lowest BCUT2D eigenvalue weighted by Crippen LogP contribution is -2.00. The second-order valence-electron chi connectivity index (χ2n) is 3.69. The summed E-state index contributed by atoms with van der Waals surface area (Å²) >= 11 is 0. The number of hydrogen-bond donors (Lipinski definition) is 1. The van der Waals surface area contributed by atoms with Crippen molar-refractivity contribution in [3.05, 3.63) is 42.2 Å². The Morgan fingerprint density at radius 2 is 1.94 bits per heavy atom. The molecule has 0 amide bonds. The Labute approximate surface area is 101 Å². The van der Waals surface area contributed by atoms with E-state index in [1.807, 2.05) is 38.1 Å². The first kappa shape index (κ1) is 11.4. The summed E-state index contributed by atoms with van der Waals surface area (Å²) in [6.07, 6.45) is 1.49. The van der Waals surface area contributed by atoms with Gasteiger partial charge in [0.25, 0.3) is 0 Å². The quantitative estimate of drug-likeness (QED) is 0.875. The third-order valence-electron chi connectivity index (χ3n) is 2.24. The van der Waals surface area contributed by atoms with Crippen molar-refractivity contribution in [2.24, 2.45) is 0 Å². The number of hydrogen-bond acceptors (Lipinski definition) is 4. The number of anilines is 1. The van der Waals surface area contributed by atoms with Crippen molar-refractivity contribution in [1.82, 2.24) is 9.97 Å². The van der Waals surface area contributed by atoms with Crippen molar-refractivity contribution in [2.45, 2.75) is 13.8 Å². The summed E-state index contributed by atoms with van der Waals surface area (Å²) in [5.74, 6) is 2.08. The second kappa shape index (κ2) is 5.30. The molecule has 0 bridgehead atoms. The van der Waals surface area contributed by atoms with Gasteiger partial charge in [-0.25, -0.2) is 9.97 Å². The van der Waals surface area contributed by atoms with Crippen LogP contribution >= 0.6 is 0 Å². The van der Waals surface area contributed by atoms with Crippen LogP contribution in [0.4, 0.5) is 5.82 Å². The predicted octanol–water partition coefficient (Wildman–Crippen LogP) is 3.01. The number of nitrogens with zero attached hydrogens (tertiary/aromatic N) is 2. The lowest BCUT2D eigenvalue weighted by atomic mass is 10.2. The summed E-state index contributed by atoms with van der Waals surface area (Å²) in [5.41, 5.74) is 1.20. The van der Waals surface area contributed by atoms with Crippen molar-refractivity contribution >= 4 is 5.82 Å². The van der Waals surface area contributed by atoms with Crippen LogP contribution in [0.1, 0.15) is 12.5 Å². The Balaban J connectivity index is 2.12. The third-order valence-corrected chi connectivity index (χ3v) is 2.24. The van der Waals surface area contributed by atoms with Crippen molar-refractivity contribution in [3.8, 4) is 11.6 Å².